The van der Waals surface area contributed by atoms with E-state index in [0.717, 1.165) is 0 Å². The molecule has 0 aromatic rings. The Morgan fingerprint density at radius 2 is 1.89 bits per heavy atom. The summed E-state index contributed by atoms with van der Waals surface area (Å²) in [6.45, 7) is -0.00157. The Hall–Kier alpha value is -0.140. The number of carbonyl (C=O) groups excluding carboxylic acids is 1. The minimum absolute atomic E-state index is 0. The number of unbranched alkanes of at least 4 members (excludes halogenated alkanes) is 1. The van der Waals surface area contributed by atoms with Crippen LogP contribution in [-0.2, 0) is 9.53 Å². The molecule has 0 unspecified atom stereocenters. The first-order valence-electron chi connectivity index (χ1n) is 5.18. The molecule has 0 saturated heterocycles. The van der Waals surface area contributed by atoms with Crippen LogP contribution in [0.4, 0.5) is 4.79 Å². The zero-order valence-electron chi connectivity index (χ0n) is 9.90. The predicted molar refractivity (Wildman–Crippen MR) is 76.4 cm³/mol. The second-order valence-electron chi connectivity index (χ2n) is 3.56. The lowest BCUT2D eigenvalue weighted by molar-refractivity contribution is -0.138. The topological polar surface area (TPSA) is 102 Å². The second-order valence-corrected chi connectivity index (χ2v) is 6.07. The Bertz CT molecular complexity index is 286. The van der Waals surface area contributed by atoms with Gasteiger partial charge in [0.25, 0.3) is 0 Å². The number of nitrogens with two attached hydrogens (primary N) is 1. The zero-order chi connectivity index (χ0) is 14.2. The normalized spacial score (nSPS) is 12.2. The number of hydrogen-bond acceptors (Lipinski definition) is 4. The first kappa shape index (κ1) is 21.2. The van der Waals surface area contributed by atoms with Crippen molar-refractivity contribution in [3.8, 4) is 0 Å². The molecule has 4 N–H and O–H groups in total. The van der Waals surface area contributed by atoms with Crippen molar-refractivity contribution in [3.05, 3.63) is 0 Å². The van der Waals surface area contributed by atoms with E-state index >= 15 is 0 Å². The third-order valence-corrected chi connectivity index (χ3v) is 2.22. The number of aliphatic carboxylic acids is 1. The SMILES string of the molecule is Cl.N[C@@H](CCCCNC(=O)OCC(Cl)(Cl)Cl)C(=O)O. The van der Waals surface area contributed by atoms with Gasteiger partial charge >= 0.3 is 12.1 Å². The van der Waals surface area contributed by atoms with Crippen LogP contribution in [0.3, 0.4) is 0 Å². The summed E-state index contributed by atoms with van der Waals surface area (Å²) in [7, 11) is 0. The molecule has 0 fully saturated rings. The summed E-state index contributed by atoms with van der Waals surface area (Å²) in [6, 6.07) is -0.874. The summed E-state index contributed by atoms with van der Waals surface area (Å²) >= 11 is 16.1. The predicted octanol–water partition coefficient (Wildman–Crippen LogP) is 2.09. The minimum Gasteiger partial charge on any atom is -0.480 e. The van der Waals surface area contributed by atoms with E-state index < -0.39 is 21.9 Å². The van der Waals surface area contributed by atoms with Gasteiger partial charge in [-0.05, 0) is 19.3 Å². The quantitative estimate of drug-likeness (QED) is 0.478. The number of amides is 1. The van der Waals surface area contributed by atoms with E-state index in [2.05, 4.69) is 10.1 Å². The molecule has 10 heteroatoms. The Kier molecular flexibility index (Phi) is 11.8. The van der Waals surface area contributed by atoms with Gasteiger partial charge in [0.2, 0.25) is 3.79 Å². The van der Waals surface area contributed by atoms with Gasteiger partial charge in [0.1, 0.15) is 12.6 Å². The van der Waals surface area contributed by atoms with Crippen molar-refractivity contribution in [1.29, 1.82) is 0 Å². The van der Waals surface area contributed by atoms with Crippen molar-refractivity contribution in [1.82, 2.24) is 5.32 Å². The van der Waals surface area contributed by atoms with Gasteiger partial charge in [-0.15, -0.1) is 12.4 Å². The van der Waals surface area contributed by atoms with E-state index in [-0.39, 0.29) is 19.0 Å². The van der Waals surface area contributed by atoms with Gasteiger partial charge in [0.05, 0.1) is 0 Å². The number of nitrogens with one attached hydrogen (secondary N) is 1. The van der Waals surface area contributed by atoms with E-state index in [4.69, 9.17) is 45.6 Å². The summed E-state index contributed by atoms with van der Waals surface area (Å²) in [4.78, 5) is 21.5. The van der Waals surface area contributed by atoms with Gasteiger partial charge < -0.3 is 20.9 Å². The number of hydrogen-bond donors (Lipinski definition) is 3. The molecule has 0 heterocycles. The number of halogens is 4. The maximum atomic E-state index is 11.1. The van der Waals surface area contributed by atoms with E-state index in [1.165, 1.54) is 0 Å². The molecule has 6 nitrogen and oxygen atoms in total. The van der Waals surface area contributed by atoms with Crippen LogP contribution in [0, 0.1) is 0 Å². The maximum Gasteiger partial charge on any atom is 0.407 e. The van der Waals surface area contributed by atoms with Crippen molar-refractivity contribution < 1.29 is 19.4 Å². The number of rotatable bonds is 7. The molecular formula is C9H16Cl4N2O4. The highest BCUT2D eigenvalue weighted by atomic mass is 35.6. The van der Waals surface area contributed by atoms with Crippen LogP contribution >= 0.6 is 47.2 Å². The minimum atomic E-state index is -1.63. The lowest BCUT2D eigenvalue weighted by atomic mass is 10.1. The molecule has 114 valence electrons. The van der Waals surface area contributed by atoms with Crippen LogP contribution in [0.1, 0.15) is 19.3 Å². The van der Waals surface area contributed by atoms with Crippen LogP contribution in [0.2, 0.25) is 0 Å². The Morgan fingerprint density at radius 3 is 2.37 bits per heavy atom. The standard InChI is InChI=1S/C9H15Cl3N2O4.ClH/c10-9(11,12)5-18-8(17)14-4-2-1-3-6(13)7(15)16;/h6H,1-5,13H2,(H,14,17)(H,15,16);1H/t6-;/m0./s1. The van der Waals surface area contributed by atoms with Crippen molar-refractivity contribution in [2.75, 3.05) is 13.2 Å². The fourth-order valence-corrected chi connectivity index (χ4v) is 1.17. The van der Waals surface area contributed by atoms with Crippen LogP contribution in [0.5, 0.6) is 0 Å². The largest absolute Gasteiger partial charge is 0.480 e. The molecule has 0 aliphatic carbocycles. The summed E-state index contributed by atoms with van der Waals surface area (Å²) in [6.07, 6.45) is 0.825. The molecule has 1 amide bonds. The monoisotopic (exact) mass is 356 g/mol. The summed E-state index contributed by atoms with van der Waals surface area (Å²) in [5, 5.41) is 11.0. The first-order chi connectivity index (χ1) is 8.22. The fraction of sp³-hybridized carbons (Fsp3) is 0.778. The van der Waals surface area contributed by atoms with Crippen molar-refractivity contribution in [2.24, 2.45) is 5.73 Å². The van der Waals surface area contributed by atoms with E-state index in [1.54, 1.807) is 0 Å². The fourth-order valence-electron chi connectivity index (χ4n) is 1.00. The van der Waals surface area contributed by atoms with E-state index in [0.29, 0.717) is 25.8 Å². The Morgan fingerprint density at radius 1 is 1.32 bits per heavy atom. The molecule has 0 bridgehead atoms. The number of ether oxygens (including phenoxy) is 1. The highest BCUT2D eigenvalue weighted by Crippen LogP contribution is 2.25. The summed E-state index contributed by atoms with van der Waals surface area (Å²) in [5.41, 5.74) is 5.30. The lowest BCUT2D eigenvalue weighted by Gasteiger charge is -2.12. The smallest absolute Gasteiger partial charge is 0.407 e. The molecule has 19 heavy (non-hydrogen) atoms. The third-order valence-electron chi connectivity index (χ3n) is 1.90. The summed E-state index contributed by atoms with van der Waals surface area (Å²) < 4.78 is 2.97. The van der Waals surface area contributed by atoms with E-state index in [1.807, 2.05) is 0 Å². The molecule has 0 aliphatic rings. The van der Waals surface area contributed by atoms with Gasteiger partial charge in [-0.3, -0.25) is 4.79 Å². The number of carboxylic acid groups (broad SMARTS) is 1. The van der Waals surface area contributed by atoms with Crippen LogP contribution < -0.4 is 11.1 Å². The zero-order valence-corrected chi connectivity index (χ0v) is 13.0. The van der Waals surface area contributed by atoms with Gasteiger partial charge in [0.15, 0.2) is 0 Å². The van der Waals surface area contributed by atoms with Crippen LogP contribution in [0.25, 0.3) is 0 Å². The van der Waals surface area contributed by atoms with Crippen LogP contribution in [0.15, 0.2) is 0 Å². The Balaban J connectivity index is 0. The van der Waals surface area contributed by atoms with Crippen molar-refractivity contribution >= 4 is 59.3 Å². The number of carbonyl (C=O) groups is 2. The van der Waals surface area contributed by atoms with Gasteiger partial charge in [-0.2, -0.15) is 0 Å². The van der Waals surface area contributed by atoms with E-state index in [9.17, 15) is 9.59 Å². The Labute approximate surface area is 132 Å². The average molecular weight is 358 g/mol. The van der Waals surface area contributed by atoms with Gasteiger partial charge in [-0.1, -0.05) is 34.8 Å². The average Bonchev–Trinajstić information content (AvgIpc) is 2.24. The maximum absolute atomic E-state index is 11.1. The molecule has 0 spiro atoms. The highest BCUT2D eigenvalue weighted by molar-refractivity contribution is 6.67. The summed E-state index contributed by atoms with van der Waals surface area (Å²) in [5.74, 6) is -1.04. The highest BCUT2D eigenvalue weighted by Gasteiger charge is 2.21. The van der Waals surface area contributed by atoms with Gasteiger partial charge in [0, 0.05) is 6.54 Å². The number of carboxylic acids is 1. The molecule has 1 atom stereocenters. The molecule has 0 saturated carbocycles. The van der Waals surface area contributed by atoms with Gasteiger partial charge in [-0.25, -0.2) is 4.79 Å². The van der Waals surface area contributed by atoms with Crippen molar-refractivity contribution in [3.63, 3.8) is 0 Å². The first-order valence-corrected chi connectivity index (χ1v) is 6.31. The molecule has 0 radical (unpaired) electrons. The number of alkyl carbamates (subject to hydrolysis) is 1. The molecule has 0 aliphatic heterocycles. The molecule has 0 aromatic heterocycles. The van der Waals surface area contributed by atoms with Crippen LogP contribution in [-0.4, -0.2) is 40.2 Å². The second kappa shape index (κ2) is 10.6. The molecular weight excluding hydrogens is 342 g/mol. The number of alkyl halides is 3. The molecule has 0 rings (SSSR count). The lowest BCUT2D eigenvalue weighted by Crippen LogP contribution is -2.31. The third kappa shape index (κ3) is 14.1. The van der Waals surface area contributed by atoms with Crippen molar-refractivity contribution in [2.45, 2.75) is 29.1 Å². The molecule has 0 aromatic carbocycles.